The monoisotopic (exact) mass is 330 g/mol. The Labute approximate surface area is 132 Å². The van der Waals surface area contributed by atoms with E-state index in [9.17, 15) is 8.42 Å². The topological polar surface area (TPSA) is 49.4 Å². The van der Waals surface area contributed by atoms with Gasteiger partial charge < -0.3 is 5.32 Å². The largest absolute Gasteiger partial charge is 0.310 e. The smallest absolute Gasteiger partial charge is 0.244 e. The van der Waals surface area contributed by atoms with E-state index in [1.807, 2.05) is 12.3 Å². The summed E-state index contributed by atoms with van der Waals surface area (Å²) in [5, 5.41) is 5.19. The molecule has 21 heavy (non-hydrogen) atoms. The average molecular weight is 331 g/mol. The Kier molecular flexibility index (Phi) is 5.46. The normalized spacial score (nSPS) is 24.6. The van der Waals surface area contributed by atoms with Crippen LogP contribution in [0.4, 0.5) is 0 Å². The lowest BCUT2D eigenvalue weighted by molar-refractivity contribution is 0.220. The van der Waals surface area contributed by atoms with Crippen LogP contribution in [0.1, 0.15) is 45.4 Å². The molecule has 1 aliphatic heterocycles. The highest BCUT2D eigenvalue weighted by atomic mass is 32.2. The van der Waals surface area contributed by atoms with Crippen LogP contribution in [-0.4, -0.2) is 31.4 Å². The predicted molar refractivity (Wildman–Crippen MR) is 88.0 cm³/mol. The molecule has 2 heterocycles. The Bertz CT molecular complexity index is 566. The molecule has 0 aromatic carbocycles. The molecule has 4 nitrogen and oxygen atoms in total. The summed E-state index contributed by atoms with van der Waals surface area (Å²) in [5.74, 6) is 0.607. The second-order valence-corrected chi connectivity index (χ2v) is 9.20. The van der Waals surface area contributed by atoms with Gasteiger partial charge in [-0.25, -0.2) is 8.42 Å². The fourth-order valence-corrected chi connectivity index (χ4v) is 5.88. The molecule has 1 fully saturated rings. The third-order valence-electron chi connectivity index (χ3n) is 4.04. The maximum absolute atomic E-state index is 12.9. The lowest BCUT2D eigenvalue weighted by Crippen LogP contribution is -2.44. The van der Waals surface area contributed by atoms with Gasteiger partial charge in [0.2, 0.25) is 10.0 Å². The zero-order chi connectivity index (χ0) is 15.6. The summed E-state index contributed by atoms with van der Waals surface area (Å²) in [4.78, 5) is 1.40. The van der Waals surface area contributed by atoms with Gasteiger partial charge in [0, 0.05) is 30.1 Å². The van der Waals surface area contributed by atoms with Crippen LogP contribution in [0.25, 0.3) is 0 Å². The molecule has 0 aliphatic carbocycles. The van der Waals surface area contributed by atoms with E-state index in [0.29, 0.717) is 29.9 Å². The number of hydrogen-bond acceptors (Lipinski definition) is 4. The van der Waals surface area contributed by atoms with Gasteiger partial charge in [-0.15, -0.1) is 11.3 Å². The summed E-state index contributed by atoms with van der Waals surface area (Å²) in [6.45, 7) is 9.60. The maximum atomic E-state index is 12.9. The van der Waals surface area contributed by atoms with Crippen molar-refractivity contribution in [1.82, 2.24) is 9.62 Å². The Balaban J connectivity index is 2.22. The minimum absolute atomic E-state index is 0.0876. The van der Waals surface area contributed by atoms with Gasteiger partial charge >= 0.3 is 0 Å². The molecule has 2 atom stereocenters. The highest BCUT2D eigenvalue weighted by Crippen LogP contribution is 2.31. The molecule has 1 saturated heterocycles. The first-order chi connectivity index (χ1) is 9.82. The SMILES string of the molecule is CC1CCN(S(=O)(=O)c2ccsc2CNC(C)C)C(C)C1. The van der Waals surface area contributed by atoms with Crippen LogP contribution in [-0.2, 0) is 16.6 Å². The number of rotatable bonds is 5. The van der Waals surface area contributed by atoms with E-state index >= 15 is 0 Å². The molecule has 6 heteroatoms. The summed E-state index contributed by atoms with van der Waals surface area (Å²) in [7, 11) is -3.37. The minimum atomic E-state index is -3.37. The van der Waals surface area contributed by atoms with E-state index in [2.05, 4.69) is 26.1 Å². The second kappa shape index (κ2) is 6.77. The van der Waals surface area contributed by atoms with Gasteiger partial charge in [-0.05, 0) is 37.1 Å². The van der Waals surface area contributed by atoms with Crippen molar-refractivity contribution in [2.45, 2.75) is 64.1 Å². The Morgan fingerprint density at radius 1 is 1.43 bits per heavy atom. The van der Waals surface area contributed by atoms with E-state index in [1.165, 1.54) is 11.3 Å². The Hall–Kier alpha value is -0.430. The van der Waals surface area contributed by atoms with Crippen LogP contribution < -0.4 is 5.32 Å². The highest BCUT2D eigenvalue weighted by molar-refractivity contribution is 7.89. The van der Waals surface area contributed by atoms with Gasteiger partial charge in [0.1, 0.15) is 0 Å². The number of nitrogens with one attached hydrogen (secondary N) is 1. The first-order valence-electron chi connectivity index (χ1n) is 7.64. The first-order valence-corrected chi connectivity index (χ1v) is 9.96. The molecule has 0 spiro atoms. The van der Waals surface area contributed by atoms with Gasteiger partial charge in [0.15, 0.2) is 0 Å². The van der Waals surface area contributed by atoms with Crippen molar-refractivity contribution in [3.8, 4) is 0 Å². The van der Waals surface area contributed by atoms with Crippen LogP contribution in [0.15, 0.2) is 16.3 Å². The molecule has 0 amide bonds. The summed E-state index contributed by atoms with van der Waals surface area (Å²) in [5.41, 5.74) is 0. The summed E-state index contributed by atoms with van der Waals surface area (Å²) < 4.78 is 27.6. The van der Waals surface area contributed by atoms with Crippen molar-refractivity contribution < 1.29 is 8.42 Å². The Morgan fingerprint density at radius 3 is 2.76 bits per heavy atom. The van der Waals surface area contributed by atoms with E-state index in [4.69, 9.17) is 0 Å². The quantitative estimate of drug-likeness (QED) is 0.903. The zero-order valence-electron chi connectivity index (χ0n) is 13.3. The molecular formula is C15H26N2O2S2. The fraction of sp³-hybridized carbons (Fsp3) is 0.733. The molecule has 1 N–H and O–H groups in total. The van der Waals surface area contributed by atoms with Crippen LogP contribution in [0, 0.1) is 5.92 Å². The number of nitrogens with zero attached hydrogens (tertiary/aromatic N) is 1. The highest BCUT2D eigenvalue weighted by Gasteiger charge is 2.34. The van der Waals surface area contributed by atoms with E-state index in [0.717, 1.165) is 17.7 Å². The van der Waals surface area contributed by atoms with Crippen LogP contribution >= 0.6 is 11.3 Å². The molecule has 0 saturated carbocycles. The van der Waals surface area contributed by atoms with Crippen LogP contribution in [0.3, 0.4) is 0 Å². The summed E-state index contributed by atoms with van der Waals surface area (Å²) in [6, 6.07) is 2.18. The lowest BCUT2D eigenvalue weighted by atomic mass is 9.95. The molecule has 120 valence electrons. The molecule has 0 radical (unpaired) electrons. The van der Waals surface area contributed by atoms with Gasteiger partial charge in [-0.3, -0.25) is 0 Å². The number of hydrogen-bond donors (Lipinski definition) is 1. The fourth-order valence-electron chi connectivity index (χ4n) is 2.85. The van der Waals surface area contributed by atoms with Gasteiger partial charge in [0.05, 0.1) is 4.90 Å². The van der Waals surface area contributed by atoms with Crippen molar-refractivity contribution in [1.29, 1.82) is 0 Å². The molecule has 0 bridgehead atoms. The van der Waals surface area contributed by atoms with Gasteiger partial charge in [0.25, 0.3) is 0 Å². The minimum Gasteiger partial charge on any atom is -0.310 e. The van der Waals surface area contributed by atoms with E-state index in [-0.39, 0.29) is 6.04 Å². The molecular weight excluding hydrogens is 304 g/mol. The van der Waals surface area contributed by atoms with Crippen molar-refractivity contribution in [3.63, 3.8) is 0 Å². The predicted octanol–water partition coefficient (Wildman–Crippen LogP) is 3.06. The maximum Gasteiger partial charge on any atom is 0.244 e. The number of thiophene rings is 1. The third-order valence-corrected chi connectivity index (χ3v) is 7.19. The second-order valence-electron chi connectivity index (χ2n) is 6.34. The molecule has 1 aromatic rings. The third kappa shape index (κ3) is 3.86. The Morgan fingerprint density at radius 2 is 2.14 bits per heavy atom. The summed E-state index contributed by atoms with van der Waals surface area (Å²) >= 11 is 1.52. The molecule has 2 unspecified atom stereocenters. The van der Waals surface area contributed by atoms with Gasteiger partial charge in [-0.1, -0.05) is 20.8 Å². The van der Waals surface area contributed by atoms with Crippen LogP contribution in [0.5, 0.6) is 0 Å². The number of piperidine rings is 1. The van der Waals surface area contributed by atoms with Crippen molar-refractivity contribution in [2.24, 2.45) is 5.92 Å². The lowest BCUT2D eigenvalue weighted by Gasteiger charge is -2.35. The van der Waals surface area contributed by atoms with E-state index in [1.54, 1.807) is 10.4 Å². The van der Waals surface area contributed by atoms with Crippen molar-refractivity contribution in [2.75, 3.05) is 6.54 Å². The molecule has 1 aromatic heterocycles. The first kappa shape index (κ1) is 16.9. The molecule has 1 aliphatic rings. The molecule has 2 rings (SSSR count). The van der Waals surface area contributed by atoms with Crippen molar-refractivity contribution >= 4 is 21.4 Å². The van der Waals surface area contributed by atoms with E-state index < -0.39 is 10.0 Å². The van der Waals surface area contributed by atoms with Gasteiger partial charge in [-0.2, -0.15) is 4.31 Å². The van der Waals surface area contributed by atoms with Crippen LogP contribution in [0.2, 0.25) is 0 Å². The standard InChI is InChI=1S/C15H26N2O2S2/c1-11(2)16-10-14-15(6-8-20-14)21(18,19)17-7-5-12(3)9-13(17)4/h6,8,11-13,16H,5,7,9-10H2,1-4H3. The zero-order valence-corrected chi connectivity index (χ0v) is 14.9. The summed E-state index contributed by atoms with van der Waals surface area (Å²) in [6.07, 6.45) is 1.90. The van der Waals surface area contributed by atoms with Crippen molar-refractivity contribution in [3.05, 3.63) is 16.3 Å². The average Bonchev–Trinajstić information content (AvgIpc) is 2.84. The number of sulfonamides is 1.